The van der Waals surface area contributed by atoms with E-state index in [-0.39, 0.29) is 39.5 Å². The van der Waals surface area contributed by atoms with Gasteiger partial charge in [0.15, 0.2) is 32.7 Å². The zero-order chi connectivity index (χ0) is 27.9. The largest absolute Gasteiger partial charge is 0.453 e. The molecule has 3 aromatic carbocycles. The SMILES string of the molecule is CC(C)C(=O)c1ccc2c(c1)C(=O)OC21c2ccc(N)c(S(=O)(=O)O)c2Oc2c1ccc(N)c2S(=O)(=O)O. The van der Waals surface area contributed by atoms with Crippen LogP contribution >= 0.6 is 0 Å². The van der Waals surface area contributed by atoms with E-state index >= 15 is 0 Å². The smallest absolute Gasteiger partial charge is 0.340 e. The quantitative estimate of drug-likeness (QED) is 0.157. The van der Waals surface area contributed by atoms with Crippen molar-refractivity contribution < 1.29 is 45.0 Å². The fourth-order valence-electron chi connectivity index (χ4n) is 4.85. The average Bonchev–Trinajstić information content (AvgIpc) is 3.08. The Kier molecular flexibility index (Phi) is 5.41. The summed E-state index contributed by atoms with van der Waals surface area (Å²) in [6.45, 7) is 3.37. The van der Waals surface area contributed by atoms with E-state index in [1.807, 2.05) is 0 Å². The van der Waals surface area contributed by atoms with Gasteiger partial charge >= 0.3 is 5.97 Å². The van der Waals surface area contributed by atoms with E-state index in [1.165, 1.54) is 30.3 Å². The number of Topliss-reactive ketones (excluding diaryl/α,β-unsaturated/α-hetero) is 1. The molecule has 0 unspecified atom stereocenters. The second-order valence-electron chi connectivity index (χ2n) is 9.12. The van der Waals surface area contributed by atoms with Crippen LogP contribution in [0.25, 0.3) is 0 Å². The number of benzene rings is 3. The fraction of sp³-hybridized carbons (Fsp3) is 0.167. The van der Waals surface area contributed by atoms with Gasteiger partial charge in [-0.1, -0.05) is 26.0 Å². The summed E-state index contributed by atoms with van der Waals surface area (Å²) in [6.07, 6.45) is 0. The summed E-state index contributed by atoms with van der Waals surface area (Å²) in [5, 5.41) is 0. The van der Waals surface area contributed by atoms with Crippen LogP contribution in [0.4, 0.5) is 11.4 Å². The Morgan fingerprint density at radius 1 is 0.842 bits per heavy atom. The third kappa shape index (κ3) is 3.49. The Labute approximate surface area is 216 Å². The predicted molar refractivity (Wildman–Crippen MR) is 132 cm³/mol. The number of carbonyl (C=O) groups is 2. The number of esters is 1. The number of rotatable bonds is 4. The van der Waals surface area contributed by atoms with Gasteiger partial charge in [0, 0.05) is 28.2 Å². The third-order valence-corrected chi connectivity index (χ3v) is 8.31. The number of ketones is 1. The first-order chi connectivity index (χ1) is 17.6. The van der Waals surface area contributed by atoms with Crippen LogP contribution in [0.15, 0.2) is 52.3 Å². The molecule has 14 heteroatoms. The molecule has 2 aliphatic rings. The van der Waals surface area contributed by atoms with E-state index in [1.54, 1.807) is 13.8 Å². The first-order valence-corrected chi connectivity index (χ1v) is 13.9. The normalized spacial score (nSPS) is 15.4. The maximum Gasteiger partial charge on any atom is 0.340 e. The van der Waals surface area contributed by atoms with Gasteiger partial charge in [0.05, 0.1) is 16.9 Å². The second-order valence-corrected chi connectivity index (χ2v) is 11.8. The molecular weight excluding hydrogens is 540 g/mol. The third-order valence-electron chi connectivity index (χ3n) is 6.44. The number of ether oxygens (including phenoxy) is 2. The zero-order valence-corrected chi connectivity index (χ0v) is 21.4. The molecule has 198 valence electrons. The molecule has 12 nitrogen and oxygen atoms in total. The molecular formula is C24H20N2O10S2. The molecule has 6 N–H and O–H groups in total. The number of nitrogen functional groups attached to an aromatic ring is 2. The van der Waals surface area contributed by atoms with E-state index in [0.717, 1.165) is 12.1 Å². The van der Waals surface area contributed by atoms with Gasteiger partial charge in [0.2, 0.25) is 0 Å². The highest BCUT2D eigenvalue weighted by Gasteiger charge is 2.56. The summed E-state index contributed by atoms with van der Waals surface area (Å²) < 4.78 is 80.8. The van der Waals surface area contributed by atoms with Crippen molar-refractivity contribution in [3.05, 3.63) is 70.3 Å². The van der Waals surface area contributed by atoms with Crippen molar-refractivity contribution >= 4 is 43.4 Å². The van der Waals surface area contributed by atoms with Crippen molar-refractivity contribution in [3.63, 3.8) is 0 Å². The van der Waals surface area contributed by atoms with Crippen LogP contribution in [0.5, 0.6) is 11.5 Å². The predicted octanol–water partition coefficient (Wildman–Crippen LogP) is 2.75. The highest BCUT2D eigenvalue weighted by atomic mass is 32.2. The van der Waals surface area contributed by atoms with Crippen LogP contribution in [0, 0.1) is 5.92 Å². The number of carbonyl (C=O) groups excluding carboxylic acids is 2. The average molecular weight is 561 g/mol. The molecule has 0 aromatic heterocycles. The van der Waals surface area contributed by atoms with Gasteiger partial charge in [0.25, 0.3) is 20.2 Å². The van der Waals surface area contributed by atoms with E-state index in [2.05, 4.69) is 0 Å². The first kappa shape index (κ1) is 25.7. The van der Waals surface area contributed by atoms with E-state index in [0.29, 0.717) is 0 Å². The molecule has 2 heterocycles. The molecule has 0 saturated carbocycles. The molecule has 0 saturated heterocycles. The molecule has 0 amide bonds. The topological polar surface area (TPSA) is 213 Å². The highest BCUT2D eigenvalue weighted by Crippen LogP contribution is 2.59. The van der Waals surface area contributed by atoms with Crippen molar-refractivity contribution in [2.45, 2.75) is 29.2 Å². The Morgan fingerprint density at radius 3 is 1.76 bits per heavy atom. The molecule has 5 rings (SSSR count). The molecule has 0 fully saturated rings. The minimum absolute atomic E-state index is 0.0502. The van der Waals surface area contributed by atoms with Crippen molar-refractivity contribution in [1.82, 2.24) is 0 Å². The first-order valence-electron chi connectivity index (χ1n) is 11.0. The Hall–Kier alpha value is -3.98. The summed E-state index contributed by atoms with van der Waals surface area (Å²) >= 11 is 0. The Morgan fingerprint density at radius 2 is 1.32 bits per heavy atom. The monoisotopic (exact) mass is 560 g/mol. The van der Waals surface area contributed by atoms with Gasteiger partial charge in [-0.25, -0.2) is 4.79 Å². The summed E-state index contributed by atoms with van der Waals surface area (Å²) in [6, 6.07) is 9.06. The molecule has 1 spiro atoms. The second kappa shape index (κ2) is 8.01. The van der Waals surface area contributed by atoms with Crippen LogP contribution in [0.3, 0.4) is 0 Å². The molecule has 0 radical (unpaired) electrons. The van der Waals surface area contributed by atoms with Gasteiger partial charge in [-0.2, -0.15) is 16.8 Å². The van der Waals surface area contributed by atoms with Crippen LogP contribution in [-0.2, 0) is 30.6 Å². The number of nitrogens with two attached hydrogens (primary N) is 2. The number of fused-ring (bicyclic) bond motifs is 6. The lowest BCUT2D eigenvalue weighted by atomic mass is 9.77. The Balaban J connectivity index is 1.96. The van der Waals surface area contributed by atoms with Gasteiger partial charge in [0.1, 0.15) is 0 Å². The van der Waals surface area contributed by atoms with Crippen LogP contribution in [0.2, 0.25) is 0 Å². The van der Waals surface area contributed by atoms with Gasteiger partial charge in [-0.3, -0.25) is 13.9 Å². The lowest BCUT2D eigenvalue weighted by Crippen LogP contribution is -2.34. The summed E-state index contributed by atoms with van der Waals surface area (Å²) in [5.41, 5.74) is 8.78. The highest BCUT2D eigenvalue weighted by molar-refractivity contribution is 7.86. The van der Waals surface area contributed by atoms with E-state index in [9.17, 15) is 35.5 Å². The summed E-state index contributed by atoms with van der Waals surface area (Å²) in [4.78, 5) is 24.0. The minimum Gasteiger partial charge on any atom is -0.453 e. The molecule has 0 bridgehead atoms. The lowest BCUT2D eigenvalue weighted by molar-refractivity contribution is 0.0221. The lowest BCUT2D eigenvalue weighted by Gasteiger charge is -2.37. The summed E-state index contributed by atoms with van der Waals surface area (Å²) in [7, 11) is -10.2. The van der Waals surface area contributed by atoms with Crippen molar-refractivity contribution in [2.24, 2.45) is 5.92 Å². The van der Waals surface area contributed by atoms with E-state index in [4.69, 9.17) is 20.9 Å². The van der Waals surface area contributed by atoms with Crippen LogP contribution < -0.4 is 16.2 Å². The van der Waals surface area contributed by atoms with Crippen molar-refractivity contribution in [2.75, 3.05) is 11.5 Å². The van der Waals surface area contributed by atoms with Gasteiger partial charge in [-0.05, 0) is 30.3 Å². The van der Waals surface area contributed by atoms with Crippen LogP contribution in [-0.4, -0.2) is 37.7 Å². The van der Waals surface area contributed by atoms with Gasteiger partial charge < -0.3 is 20.9 Å². The number of hydrogen-bond acceptors (Lipinski definition) is 10. The van der Waals surface area contributed by atoms with Gasteiger partial charge in [-0.15, -0.1) is 0 Å². The maximum atomic E-state index is 13.2. The molecule has 38 heavy (non-hydrogen) atoms. The van der Waals surface area contributed by atoms with Crippen molar-refractivity contribution in [3.8, 4) is 11.5 Å². The molecule has 2 aliphatic heterocycles. The van der Waals surface area contributed by atoms with Crippen molar-refractivity contribution in [1.29, 1.82) is 0 Å². The summed E-state index contributed by atoms with van der Waals surface area (Å²) in [5.74, 6) is -2.83. The maximum absolute atomic E-state index is 13.2. The molecule has 0 atom stereocenters. The minimum atomic E-state index is -5.08. The number of anilines is 2. The van der Waals surface area contributed by atoms with Crippen LogP contribution in [0.1, 0.15) is 51.3 Å². The Bertz CT molecular complexity index is 1720. The number of hydrogen-bond donors (Lipinski definition) is 4. The standard InChI is InChI=1S/C24H20N2O10S2/c1-10(2)18(27)11-3-4-13-12(9-11)23(28)36-24(13)14-5-7-16(25)21(37(29,30)31)19(14)35-20-15(24)6-8-17(26)22(20)38(32,33)34/h3-10H,25-26H2,1-2H3,(H,29,30,31)(H,32,33,34). The fourth-order valence-corrected chi connectivity index (χ4v) is 6.35. The molecule has 0 aliphatic carbocycles. The molecule has 3 aromatic rings. The van der Waals surface area contributed by atoms with E-state index < -0.39 is 64.5 Å². The zero-order valence-electron chi connectivity index (χ0n) is 19.8.